The number of hydrogen-bond donors (Lipinski definition) is 0. The lowest BCUT2D eigenvalue weighted by atomic mass is 9.42. The van der Waals surface area contributed by atoms with Crippen LogP contribution in [0.3, 0.4) is 0 Å². The minimum absolute atomic E-state index is 0.0602. The average Bonchev–Trinajstić information content (AvgIpc) is 2.83. The van der Waals surface area contributed by atoms with Crippen LogP contribution in [0.4, 0.5) is 13.2 Å². The maximum Gasteiger partial charge on any atom is 0.534 e. The Hall–Kier alpha value is -2.87. The zero-order chi connectivity index (χ0) is 25.2. The van der Waals surface area contributed by atoms with Gasteiger partial charge in [-0.3, -0.25) is 4.98 Å². The molecule has 2 atom stereocenters. The third-order valence-corrected chi connectivity index (χ3v) is 9.51. The summed E-state index contributed by atoms with van der Waals surface area (Å²) in [7, 11) is -5.68. The number of nitrogens with zero attached hydrogens (tertiary/aromatic N) is 1. The molecule has 36 heavy (non-hydrogen) atoms. The molecule has 4 aliphatic rings. The van der Waals surface area contributed by atoms with Gasteiger partial charge in [0.2, 0.25) is 0 Å². The van der Waals surface area contributed by atoms with Gasteiger partial charge in [-0.05, 0) is 108 Å². The summed E-state index contributed by atoms with van der Waals surface area (Å²) >= 11 is 0. The number of aromatic nitrogens is 1. The van der Waals surface area contributed by atoms with Gasteiger partial charge in [-0.15, -0.1) is 0 Å². The fourth-order valence-corrected chi connectivity index (χ4v) is 8.00. The number of alkyl halides is 3. The van der Waals surface area contributed by atoms with Crippen molar-refractivity contribution in [2.24, 2.45) is 11.8 Å². The fourth-order valence-electron chi connectivity index (χ4n) is 7.54. The van der Waals surface area contributed by atoms with Gasteiger partial charge in [-0.1, -0.05) is 36.4 Å². The maximum atomic E-state index is 12.7. The predicted octanol–water partition coefficient (Wildman–Crippen LogP) is 6.77. The number of hydrogen-bond acceptors (Lipinski definition) is 4. The molecule has 4 nitrogen and oxygen atoms in total. The van der Waals surface area contributed by atoms with Crippen LogP contribution in [0.1, 0.15) is 49.7 Å². The van der Waals surface area contributed by atoms with Crippen molar-refractivity contribution in [1.29, 1.82) is 0 Å². The van der Waals surface area contributed by atoms with Gasteiger partial charge in [-0.25, -0.2) is 0 Å². The first-order valence-electron chi connectivity index (χ1n) is 12.2. The monoisotopic (exact) mass is 513 g/mol. The van der Waals surface area contributed by atoms with Gasteiger partial charge in [0.15, 0.2) is 0 Å². The third kappa shape index (κ3) is 3.90. The van der Waals surface area contributed by atoms with Crippen molar-refractivity contribution in [3.63, 3.8) is 0 Å². The van der Waals surface area contributed by atoms with Crippen LogP contribution in [0.5, 0.6) is 5.75 Å². The minimum atomic E-state index is -5.68. The first-order chi connectivity index (χ1) is 17.1. The highest BCUT2D eigenvalue weighted by molar-refractivity contribution is 7.88. The summed E-state index contributed by atoms with van der Waals surface area (Å²) in [4.78, 5) is 4.10. The molecule has 0 amide bonds. The first kappa shape index (κ1) is 23.5. The number of halogens is 3. The van der Waals surface area contributed by atoms with E-state index in [1.54, 1.807) is 24.5 Å². The van der Waals surface area contributed by atoms with E-state index >= 15 is 0 Å². The summed E-state index contributed by atoms with van der Waals surface area (Å²) < 4.78 is 65.2. The smallest absolute Gasteiger partial charge is 0.376 e. The molecule has 4 bridgehead atoms. The summed E-state index contributed by atoms with van der Waals surface area (Å²) in [6, 6.07) is 19.1. The van der Waals surface area contributed by atoms with Gasteiger partial charge in [0.25, 0.3) is 0 Å². The zero-order valence-electron chi connectivity index (χ0n) is 19.5. The number of rotatable bonds is 5. The lowest BCUT2D eigenvalue weighted by molar-refractivity contribution is -0.0500. The molecule has 0 radical (unpaired) electrons. The van der Waals surface area contributed by atoms with Crippen LogP contribution in [-0.4, -0.2) is 18.9 Å². The lowest BCUT2D eigenvalue weighted by Gasteiger charge is -2.62. The van der Waals surface area contributed by atoms with Crippen molar-refractivity contribution >= 4 is 10.1 Å². The second kappa shape index (κ2) is 8.07. The van der Waals surface area contributed by atoms with Crippen LogP contribution in [0, 0.1) is 11.8 Å². The van der Waals surface area contributed by atoms with Gasteiger partial charge in [0, 0.05) is 12.4 Å². The van der Waals surface area contributed by atoms with Crippen LogP contribution in [-0.2, 0) is 20.9 Å². The molecule has 7 rings (SSSR count). The highest BCUT2D eigenvalue weighted by Crippen LogP contribution is 2.66. The van der Waals surface area contributed by atoms with Gasteiger partial charge < -0.3 is 4.18 Å². The van der Waals surface area contributed by atoms with Crippen molar-refractivity contribution in [2.45, 2.75) is 54.9 Å². The summed E-state index contributed by atoms with van der Waals surface area (Å²) in [5.74, 6) is 0.891. The standard InChI is InChI=1S/C28H26F3NO3S/c29-28(30,31)36(33,34)35-25-7-5-24(6-8-25)27-16-19-13-20(17-27)15-26(14-19,18-27)23-3-1-21(2-4-23)22-9-11-32-12-10-22/h1-12,19-20H,13-18H2. The molecule has 1 aromatic heterocycles. The first-order valence-corrected chi connectivity index (χ1v) is 13.6. The Morgan fingerprint density at radius 2 is 1.22 bits per heavy atom. The minimum Gasteiger partial charge on any atom is -0.376 e. The van der Waals surface area contributed by atoms with Gasteiger partial charge in [0.05, 0.1) is 0 Å². The van der Waals surface area contributed by atoms with Crippen LogP contribution in [0.15, 0.2) is 73.1 Å². The Kier molecular flexibility index (Phi) is 5.27. The Balaban J connectivity index is 1.29. The zero-order valence-corrected chi connectivity index (χ0v) is 20.4. The van der Waals surface area contributed by atoms with Crippen molar-refractivity contribution < 1.29 is 25.8 Å². The lowest BCUT2D eigenvalue weighted by Crippen LogP contribution is -2.55. The normalized spacial score (nSPS) is 29.3. The Bertz CT molecular complexity index is 1360. The Labute approximate surface area is 208 Å². The number of benzene rings is 2. The molecule has 4 fully saturated rings. The molecule has 2 unspecified atom stereocenters. The van der Waals surface area contributed by atoms with E-state index in [2.05, 4.69) is 33.4 Å². The molecule has 4 saturated carbocycles. The van der Waals surface area contributed by atoms with E-state index < -0.39 is 15.6 Å². The topological polar surface area (TPSA) is 56.3 Å². The average molecular weight is 514 g/mol. The van der Waals surface area contributed by atoms with E-state index in [9.17, 15) is 21.6 Å². The SMILES string of the molecule is O=S(=O)(Oc1ccc(C23CC4CC(C2)CC(c2ccc(-c5ccncc5)cc2)(C4)C3)cc1)C(F)(F)F. The third-order valence-electron chi connectivity index (χ3n) is 8.53. The molecule has 188 valence electrons. The van der Waals surface area contributed by atoms with Crippen LogP contribution in [0.2, 0.25) is 0 Å². The molecule has 1 heterocycles. The van der Waals surface area contributed by atoms with Gasteiger partial charge in [0.1, 0.15) is 5.75 Å². The highest BCUT2D eigenvalue weighted by atomic mass is 32.2. The highest BCUT2D eigenvalue weighted by Gasteiger charge is 2.58. The second-order valence-corrected chi connectivity index (χ2v) is 12.4. The summed E-state index contributed by atoms with van der Waals surface area (Å²) in [5, 5.41) is 0. The molecule has 3 aromatic rings. The molecule has 0 saturated heterocycles. The van der Waals surface area contributed by atoms with Gasteiger partial charge in [-0.2, -0.15) is 21.6 Å². The van der Waals surface area contributed by atoms with Gasteiger partial charge >= 0.3 is 15.6 Å². The molecular formula is C28H26F3NO3S. The van der Waals surface area contributed by atoms with E-state index in [0.717, 1.165) is 48.8 Å². The summed E-state index contributed by atoms with van der Waals surface area (Å²) in [6.45, 7) is 0. The van der Waals surface area contributed by atoms with Crippen LogP contribution >= 0.6 is 0 Å². The van der Waals surface area contributed by atoms with E-state index in [4.69, 9.17) is 0 Å². The second-order valence-electron chi connectivity index (χ2n) is 10.8. The Morgan fingerprint density at radius 3 is 1.72 bits per heavy atom. The summed E-state index contributed by atoms with van der Waals surface area (Å²) in [5.41, 5.74) is -0.727. The number of pyridine rings is 1. The summed E-state index contributed by atoms with van der Waals surface area (Å²) in [6.07, 6.45) is 10.2. The quantitative estimate of drug-likeness (QED) is 0.279. The van der Waals surface area contributed by atoms with Crippen molar-refractivity contribution in [3.05, 3.63) is 84.2 Å². The van der Waals surface area contributed by atoms with Crippen LogP contribution < -0.4 is 4.18 Å². The van der Waals surface area contributed by atoms with E-state index in [1.165, 1.54) is 24.1 Å². The maximum absolute atomic E-state index is 12.7. The molecule has 0 aliphatic heterocycles. The molecule has 0 N–H and O–H groups in total. The largest absolute Gasteiger partial charge is 0.534 e. The van der Waals surface area contributed by atoms with E-state index in [0.29, 0.717) is 11.8 Å². The van der Waals surface area contributed by atoms with Crippen molar-refractivity contribution in [3.8, 4) is 16.9 Å². The molecule has 2 aromatic carbocycles. The molecular weight excluding hydrogens is 487 g/mol. The van der Waals surface area contributed by atoms with Crippen molar-refractivity contribution in [1.82, 2.24) is 4.98 Å². The molecule has 4 aliphatic carbocycles. The fraction of sp³-hybridized carbons (Fsp3) is 0.393. The Morgan fingerprint density at radius 1 is 0.750 bits per heavy atom. The van der Waals surface area contributed by atoms with E-state index in [-0.39, 0.29) is 16.6 Å². The predicted molar refractivity (Wildman–Crippen MR) is 130 cm³/mol. The molecule has 0 spiro atoms. The van der Waals surface area contributed by atoms with Crippen LogP contribution in [0.25, 0.3) is 11.1 Å². The van der Waals surface area contributed by atoms with Crippen molar-refractivity contribution in [2.75, 3.05) is 0 Å². The van der Waals surface area contributed by atoms with E-state index in [1.807, 2.05) is 12.1 Å². The molecule has 8 heteroatoms.